The molecule has 148 valence electrons. The molecule has 2 unspecified atom stereocenters. The lowest BCUT2D eigenvalue weighted by atomic mass is 9.79. The smallest absolute Gasteiger partial charge is 0.220 e. The topological polar surface area (TPSA) is 60.0 Å². The Bertz CT molecular complexity index is 520. The van der Waals surface area contributed by atoms with Crippen molar-refractivity contribution in [2.45, 2.75) is 58.4 Å². The van der Waals surface area contributed by atoms with Gasteiger partial charge in [0.15, 0.2) is 5.96 Å². The Balaban J connectivity index is 1.56. The number of likely N-dealkylation sites (tertiary alicyclic amines) is 2. The van der Waals surface area contributed by atoms with Crippen LogP contribution in [-0.2, 0) is 4.79 Å². The minimum absolute atomic E-state index is 0.113. The SMILES string of the molecule is CN=C(NCC1CCCCN1CC(C)C)N1CCCC2(CNC(=O)C2)C1. The van der Waals surface area contributed by atoms with Crippen LogP contribution < -0.4 is 10.6 Å². The van der Waals surface area contributed by atoms with E-state index in [4.69, 9.17) is 0 Å². The number of hydrogen-bond acceptors (Lipinski definition) is 3. The number of carbonyl (C=O) groups excluding carboxylic acids is 1. The summed E-state index contributed by atoms with van der Waals surface area (Å²) in [5.41, 5.74) is 0.113. The van der Waals surface area contributed by atoms with Crippen LogP contribution in [0.1, 0.15) is 52.4 Å². The van der Waals surface area contributed by atoms with Gasteiger partial charge < -0.3 is 15.5 Å². The molecule has 2 N–H and O–H groups in total. The zero-order chi connectivity index (χ0) is 18.6. The summed E-state index contributed by atoms with van der Waals surface area (Å²) in [6.45, 7) is 10.8. The molecule has 6 nitrogen and oxygen atoms in total. The van der Waals surface area contributed by atoms with Gasteiger partial charge in [0.25, 0.3) is 0 Å². The molecule has 0 aliphatic carbocycles. The van der Waals surface area contributed by atoms with Gasteiger partial charge >= 0.3 is 0 Å². The molecule has 1 spiro atoms. The standard InChI is InChI=1S/C20H37N5O/c1-16(2)13-24-9-5-4-7-17(24)12-22-19(21-3)25-10-6-8-20(15-25)11-18(26)23-14-20/h16-17H,4-15H2,1-3H3,(H,21,22)(H,23,26). The minimum atomic E-state index is 0.113. The first-order valence-electron chi connectivity index (χ1n) is 10.5. The molecule has 3 fully saturated rings. The summed E-state index contributed by atoms with van der Waals surface area (Å²) in [5.74, 6) is 1.93. The van der Waals surface area contributed by atoms with Crippen LogP contribution in [0.4, 0.5) is 0 Å². The van der Waals surface area contributed by atoms with Crippen LogP contribution in [0.25, 0.3) is 0 Å². The van der Waals surface area contributed by atoms with E-state index in [-0.39, 0.29) is 11.3 Å². The van der Waals surface area contributed by atoms with Gasteiger partial charge in [0.2, 0.25) is 5.91 Å². The summed E-state index contributed by atoms with van der Waals surface area (Å²) >= 11 is 0. The van der Waals surface area contributed by atoms with E-state index in [0.29, 0.717) is 18.4 Å². The number of guanidine groups is 1. The van der Waals surface area contributed by atoms with Gasteiger partial charge in [0, 0.05) is 57.6 Å². The van der Waals surface area contributed by atoms with Crippen LogP contribution in [0.15, 0.2) is 4.99 Å². The second-order valence-corrected chi connectivity index (χ2v) is 8.95. The third-order valence-electron chi connectivity index (χ3n) is 6.21. The number of rotatable bonds is 4. The summed E-state index contributed by atoms with van der Waals surface area (Å²) in [4.78, 5) is 21.3. The van der Waals surface area contributed by atoms with Crippen molar-refractivity contribution in [3.8, 4) is 0 Å². The number of nitrogens with zero attached hydrogens (tertiary/aromatic N) is 3. The van der Waals surface area contributed by atoms with Crippen LogP contribution in [0.2, 0.25) is 0 Å². The molecule has 0 aromatic carbocycles. The summed E-state index contributed by atoms with van der Waals surface area (Å²) in [6, 6.07) is 0.608. The highest BCUT2D eigenvalue weighted by molar-refractivity contribution is 5.81. The van der Waals surface area contributed by atoms with E-state index in [2.05, 4.69) is 39.3 Å². The van der Waals surface area contributed by atoms with Crippen LogP contribution in [0.5, 0.6) is 0 Å². The van der Waals surface area contributed by atoms with Gasteiger partial charge in [-0.1, -0.05) is 20.3 Å². The maximum Gasteiger partial charge on any atom is 0.220 e. The van der Waals surface area contributed by atoms with Crippen LogP contribution in [0.3, 0.4) is 0 Å². The van der Waals surface area contributed by atoms with Gasteiger partial charge in [-0.05, 0) is 38.1 Å². The van der Waals surface area contributed by atoms with Crippen molar-refractivity contribution in [1.29, 1.82) is 0 Å². The number of nitrogens with one attached hydrogen (secondary N) is 2. The first kappa shape index (κ1) is 19.5. The highest BCUT2D eigenvalue weighted by Crippen LogP contribution is 2.36. The number of hydrogen-bond donors (Lipinski definition) is 2. The number of carbonyl (C=O) groups is 1. The molecule has 1 amide bonds. The highest BCUT2D eigenvalue weighted by atomic mass is 16.1. The zero-order valence-corrected chi connectivity index (χ0v) is 16.9. The number of piperidine rings is 2. The Morgan fingerprint density at radius 1 is 1.35 bits per heavy atom. The van der Waals surface area contributed by atoms with Gasteiger partial charge in [-0.3, -0.25) is 14.7 Å². The second-order valence-electron chi connectivity index (χ2n) is 8.95. The molecule has 26 heavy (non-hydrogen) atoms. The quantitative estimate of drug-likeness (QED) is 0.589. The van der Waals surface area contributed by atoms with Gasteiger partial charge in [-0.25, -0.2) is 0 Å². The summed E-state index contributed by atoms with van der Waals surface area (Å²) < 4.78 is 0. The van der Waals surface area contributed by atoms with Crippen molar-refractivity contribution in [3.63, 3.8) is 0 Å². The molecular weight excluding hydrogens is 326 g/mol. The predicted octanol–water partition coefficient (Wildman–Crippen LogP) is 1.67. The third kappa shape index (κ3) is 4.70. The Morgan fingerprint density at radius 3 is 2.88 bits per heavy atom. The maximum atomic E-state index is 11.7. The molecule has 0 aromatic rings. The van der Waals surface area contributed by atoms with Gasteiger partial charge in [0.1, 0.15) is 0 Å². The molecule has 0 radical (unpaired) electrons. The van der Waals surface area contributed by atoms with Crippen molar-refractivity contribution >= 4 is 11.9 Å². The van der Waals surface area contributed by atoms with Crippen molar-refractivity contribution in [2.75, 3.05) is 46.3 Å². The van der Waals surface area contributed by atoms with Crippen molar-refractivity contribution < 1.29 is 4.79 Å². The predicted molar refractivity (Wildman–Crippen MR) is 106 cm³/mol. The molecule has 0 saturated carbocycles. The maximum absolute atomic E-state index is 11.7. The Morgan fingerprint density at radius 2 is 2.19 bits per heavy atom. The lowest BCUT2D eigenvalue weighted by molar-refractivity contribution is -0.119. The average Bonchev–Trinajstić information content (AvgIpc) is 2.96. The monoisotopic (exact) mass is 363 g/mol. The lowest BCUT2D eigenvalue weighted by Crippen LogP contribution is -2.54. The van der Waals surface area contributed by atoms with Crippen LogP contribution in [-0.4, -0.2) is 74.0 Å². The molecule has 3 aliphatic heterocycles. The molecule has 3 saturated heterocycles. The normalized spacial score (nSPS) is 30.9. The molecule has 2 atom stereocenters. The summed E-state index contributed by atoms with van der Waals surface area (Å²) in [5, 5.41) is 6.69. The average molecular weight is 364 g/mol. The van der Waals surface area contributed by atoms with E-state index >= 15 is 0 Å². The van der Waals surface area contributed by atoms with Gasteiger partial charge in [-0.15, -0.1) is 0 Å². The number of aliphatic imine (C=N–C) groups is 1. The highest BCUT2D eigenvalue weighted by Gasteiger charge is 2.42. The van der Waals surface area contributed by atoms with Crippen LogP contribution >= 0.6 is 0 Å². The Kier molecular flexibility index (Phi) is 6.43. The largest absolute Gasteiger partial charge is 0.355 e. The van der Waals surface area contributed by atoms with E-state index in [1.54, 1.807) is 0 Å². The fourth-order valence-corrected chi connectivity index (χ4v) is 4.97. The van der Waals surface area contributed by atoms with E-state index in [9.17, 15) is 4.79 Å². The van der Waals surface area contributed by atoms with E-state index in [1.165, 1.54) is 32.4 Å². The minimum Gasteiger partial charge on any atom is -0.355 e. The summed E-state index contributed by atoms with van der Waals surface area (Å²) in [7, 11) is 1.88. The van der Waals surface area contributed by atoms with Crippen molar-refractivity contribution in [3.05, 3.63) is 0 Å². The molecule has 0 aromatic heterocycles. The Hall–Kier alpha value is -1.30. The lowest BCUT2D eigenvalue weighted by Gasteiger charge is -2.42. The molecule has 3 rings (SSSR count). The van der Waals surface area contributed by atoms with Gasteiger partial charge in [-0.2, -0.15) is 0 Å². The van der Waals surface area contributed by atoms with E-state index < -0.39 is 0 Å². The molecule has 3 heterocycles. The first-order chi connectivity index (χ1) is 12.5. The Labute approximate surface area is 158 Å². The first-order valence-corrected chi connectivity index (χ1v) is 10.5. The third-order valence-corrected chi connectivity index (χ3v) is 6.21. The van der Waals surface area contributed by atoms with Crippen molar-refractivity contribution in [1.82, 2.24) is 20.4 Å². The van der Waals surface area contributed by atoms with Gasteiger partial charge in [0.05, 0.1) is 0 Å². The zero-order valence-electron chi connectivity index (χ0n) is 16.9. The fraction of sp³-hybridized carbons (Fsp3) is 0.900. The molecule has 3 aliphatic rings. The summed E-state index contributed by atoms with van der Waals surface area (Å²) in [6.07, 6.45) is 6.89. The van der Waals surface area contributed by atoms with E-state index in [1.807, 2.05) is 7.05 Å². The second kappa shape index (κ2) is 8.59. The van der Waals surface area contributed by atoms with E-state index in [0.717, 1.165) is 45.0 Å². The molecular formula is C20H37N5O. The fourth-order valence-electron chi connectivity index (χ4n) is 4.97. The molecule has 0 bridgehead atoms. The van der Waals surface area contributed by atoms with Crippen LogP contribution in [0, 0.1) is 11.3 Å². The van der Waals surface area contributed by atoms with Crippen molar-refractivity contribution in [2.24, 2.45) is 16.3 Å². The number of amides is 1. The molecule has 6 heteroatoms.